The van der Waals surface area contributed by atoms with Gasteiger partial charge in [0.1, 0.15) is 0 Å². The lowest BCUT2D eigenvalue weighted by Crippen LogP contribution is -2.04. The van der Waals surface area contributed by atoms with E-state index >= 15 is 0 Å². The van der Waals surface area contributed by atoms with E-state index in [2.05, 4.69) is 9.97 Å². The lowest BCUT2D eigenvalue weighted by Gasteiger charge is -2.10. The standard InChI is InChI=1S/C13H14N2O/c1-10-3-2-4-12(15-10)13(16)9-11-5-7-14-8-6-11/h2-8,13,16H,9H2,1H3. The summed E-state index contributed by atoms with van der Waals surface area (Å²) in [5, 5.41) is 10.0. The average Bonchev–Trinajstić information content (AvgIpc) is 2.30. The molecule has 0 aliphatic heterocycles. The molecule has 1 unspecified atom stereocenters. The summed E-state index contributed by atoms with van der Waals surface area (Å²) >= 11 is 0. The van der Waals surface area contributed by atoms with Gasteiger partial charge in [-0.3, -0.25) is 9.97 Å². The van der Waals surface area contributed by atoms with E-state index in [-0.39, 0.29) is 0 Å². The van der Waals surface area contributed by atoms with Crippen LogP contribution < -0.4 is 0 Å². The van der Waals surface area contributed by atoms with Gasteiger partial charge in [0, 0.05) is 24.5 Å². The summed E-state index contributed by atoms with van der Waals surface area (Å²) < 4.78 is 0. The Kier molecular flexibility index (Phi) is 3.27. The van der Waals surface area contributed by atoms with E-state index in [9.17, 15) is 5.11 Å². The summed E-state index contributed by atoms with van der Waals surface area (Å²) in [6, 6.07) is 9.48. The molecule has 2 rings (SSSR count). The second-order valence-electron chi connectivity index (χ2n) is 3.78. The molecule has 2 aromatic heterocycles. The maximum atomic E-state index is 10.0. The average molecular weight is 214 g/mol. The molecule has 0 saturated carbocycles. The molecule has 0 radical (unpaired) electrons. The van der Waals surface area contributed by atoms with Crippen molar-refractivity contribution in [2.75, 3.05) is 0 Å². The van der Waals surface area contributed by atoms with Crippen LogP contribution >= 0.6 is 0 Å². The fraction of sp³-hybridized carbons (Fsp3) is 0.231. The number of hydrogen-bond donors (Lipinski definition) is 1. The zero-order valence-corrected chi connectivity index (χ0v) is 9.17. The third-order valence-electron chi connectivity index (χ3n) is 2.43. The molecule has 1 N–H and O–H groups in total. The maximum absolute atomic E-state index is 10.0. The Bertz CT molecular complexity index is 456. The molecule has 0 aliphatic carbocycles. The van der Waals surface area contributed by atoms with Crippen LogP contribution in [0.25, 0.3) is 0 Å². The van der Waals surface area contributed by atoms with Crippen molar-refractivity contribution >= 4 is 0 Å². The highest BCUT2D eigenvalue weighted by Gasteiger charge is 2.09. The van der Waals surface area contributed by atoms with Crippen molar-refractivity contribution in [3.63, 3.8) is 0 Å². The summed E-state index contributed by atoms with van der Waals surface area (Å²) in [4.78, 5) is 8.25. The first-order chi connectivity index (χ1) is 7.75. The fourth-order valence-electron chi connectivity index (χ4n) is 1.60. The lowest BCUT2D eigenvalue weighted by molar-refractivity contribution is 0.173. The number of aliphatic hydroxyl groups excluding tert-OH is 1. The summed E-state index contributed by atoms with van der Waals surface area (Å²) in [6.45, 7) is 1.92. The molecule has 3 nitrogen and oxygen atoms in total. The molecule has 0 fully saturated rings. The first-order valence-corrected chi connectivity index (χ1v) is 5.26. The van der Waals surface area contributed by atoms with Gasteiger partial charge < -0.3 is 5.11 Å². The van der Waals surface area contributed by atoms with Crippen LogP contribution in [-0.4, -0.2) is 15.1 Å². The number of aromatic nitrogens is 2. The second kappa shape index (κ2) is 4.86. The first kappa shape index (κ1) is 10.8. The highest BCUT2D eigenvalue weighted by molar-refractivity contribution is 5.17. The second-order valence-corrected chi connectivity index (χ2v) is 3.78. The summed E-state index contributed by atoms with van der Waals surface area (Å²) in [5.41, 5.74) is 2.70. The van der Waals surface area contributed by atoms with Crippen LogP contribution in [0.1, 0.15) is 23.1 Å². The molecular weight excluding hydrogens is 200 g/mol. The predicted molar refractivity (Wildman–Crippen MR) is 61.9 cm³/mol. The molecule has 0 saturated heterocycles. The summed E-state index contributed by atoms with van der Waals surface area (Å²) in [7, 11) is 0. The van der Waals surface area contributed by atoms with E-state index in [1.54, 1.807) is 12.4 Å². The molecular formula is C13H14N2O. The molecule has 82 valence electrons. The molecule has 0 bridgehead atoms. The molecule has 16 heavy (non-hydrogen) atoms. The molecule has 0 aliphatic rings. The van der Waals surface area contributed by atoms with E-state index in [0.717, 1.165) is 17.0 Å². The van der Waals surface area contributed by atoms with E-state index in [1.807, 2.05) is 37.3 Å². The summed E-state index contributed by atoms with van der Waals surface area (Å²) in [6.07, 6.45) is 3.47. The molecule has 0 amide bonds. The smallest absolute Gasteiger partial charge is 0.1000 e. The van der Waals surface area contributed by atoms with Crippen molar-refractivity contribution in [2.24, 2.45) is 0 Å². The van der Waals surface area contributed by atoms with Crippen LogP contribution in [0, 0.1) is 6.92 Å². The minimum Gasteiger partial charge on any atom is -0.386 e. The van der Waals surface area contributed by atoms with Gasteiger partial charge in [0.05, 0.1) is 11.8 Å². The van der Waals surface area contributed by atoms with Gasteiger partial charge in [0.25, 0.3) is 0 Å². The minimum atomic E-state index is -0.553. The Morgan fingerprint density at radius 3 is 2.62 bits per heavy atom. The molecule has 1 atom stereocenters. The number of rotatable bonds is 3. The summed E-state index contributed by atoms with van der Waals surface area (Å²) in [5.74, 6) is 0. The van der Waals surface area contributed by atoms with Gasteiger partial charge in [-0.15, -0.1) is 0 Å². The Morgan fingerprint density at radius 1 is 1.19 bits per heavy atom. The maximum Gasteiger partial charge on any atom is 0.1000 e. The SMILES string of the molecule is Cc1cccc(C(O)Cc2ccncc2)n1. The van der Waals surface area contributed by atoms with Crippen molar-refractivity contribution in [2.45, 2.75) is 19.4 Å². The van der Waals surface area contributed by atoms with Crippen molar-refractivity contribution in [1.82, 2.24) is 9.97 Å². The van der Waals surface area contributed by atoms with E-state index < -0.39 is 6.10 Å². The highest BCUT2D eigenvalue weighted by atomic mass is 16.3. The molecule has 2 aromatic rings. The zero-order chi connectivity index (χ0) is 11.4. The molecule has 0 aromatic carbocycles. The quantitative estimate of drug-likeness (QED) is 0.850. The number of hydrogen-bond acceptors (Lipinski definition) is 3. The van der Waals surface area contributed by atoms with Crippen molar-refractivity contribution in [3.8, 4) is 0 Å². The van der Waals surface area contributed by atoms with Crippen LogP contribution in [0.15, 0.2) is 42.7 Å². The Morgan fingerprint density at radius 2 is 1.94 bits per heavy atom. The normalized spacial score (nSPS) is 12.4. The lowest BCUT2D eigenvalue weighted by atomic mass is 10.1. The molecule has 3 heteroatoms. The zero-order valence-electron chi connectivity index (χ0n) is 9.17. The number of nitrogens with zero attached hydrogens (tertiary/aromatic N) is 2. The first-order valence-electron chi connectivity index (χ1n) is 5.26. The topological polar surface area (TPSA) is 46.0 Å². The van der Waals surface area contributed by atoms with Crippen LogP contribution in [0.5, 0.6) is 0 Å². The molecule has 2 heterocycles. The van der Waals surface area contributed by atoms with Gasteiger partial charge in [-0.1, -0.05) is 6.07 Å². The Balaban J connectivity index is 2.12. The largest absolute Gasteiger partial charge is 0.386 e. The van der Waals surface area contributed by atoms with Crippen LogP contribution in [-0.2, 0) is 6.42 Å². The van der Waals surface area contributed by atoms with Gasteiger partial charge >= 0.3 is 0 Å². The highest BCUT2D eigenvalue weighted by Crippen LogP contribution is 2.15. The predicted octanol–water partition coefficient (Wildman–Crippen LogP) is 2.06. The van der Waals surface area contributed by atoms with Gasteiger partial charge in [-0.05, 0) is 36.8 Å². The van der Waals surface area contributed by atoms with Crippen molar-refractivity contribution in [1.29, 1.82) is 0 Å². The van der Waals surface area contributed by atoms with E-state index in [0.29, 0.717) is 6.42 Å². The monoisotopic (exact) mass is 214 g/mol. The fourth-order valence-corrected chi connectivity index (χ4v) is 1.60. The third-order valence-corrected chi connectivity index (χ3v) is 2.43. The Labute approximate surface area is 94.8 Å². The van der Waals surface area contributed by atoms with Crippen LogP contribution in [0.3, 0.4) is 0 Å². The van der Waals surface area contributed by atoms with Crippen LogP contribution in [0.2, 0.25) is 0 Å². The van der Waals surface area contributed by atoms with E-state index in [4.69, 9.17) is 0 Å². The van der Waals surface area contributed by atoms with E-state index in [1.165, 1.54) is 0 Å². The number of aryl methyl sites for hydroxylation is 1. The van der Waals surface area contributed by atoms with Gasteiger partial charge in [-0.25, -0.2) is 0 Å². The van der Waals surface area contributed by atoms with Crippen molar-refractivity contribution in [3.05, 3.63) is 59.7 Å². The Hall–Kier alpha value is -1.74. The van der Waals surface area contributed by atoms with Crippen molar-refractivity contribution < 1.29 is 5.11 Å². The molecule has 0 spiro atoms. The van der Waals surface area contributed by atoms with Gasteiger partial charge in [0.15, 0.2) is 0 Å². The van der Waals surface area contributed by atoms with Crippen LogP contribution in [0.4, 0.5) is 0 Å². The third kappa shape index (κ3) is 2.64. The van der Waals surface area contributed by atoms with Gasteiger partial charge in [-0.2, -0.15) is 0 Å². The minimum absolute atomic E-state index is 0.553. The van der Waals surface area contributed by atoms with Gasteiger partial charge in [0.2, 0.25) is 0 Å². The number of pyridine rings is 2. The number of aliphatic hydroxyl groups is 1.